The summed E-state index contributed by atoms with van der Waals surface area (Å²) in [7, 11) is 1.42. The minimum absolute atomic E-state index is 0.147. The highest BCUT2D eigenvalue weighted by Crippen LogP contribution is 2.05. The summed E-state index contributed by atoms with van der Waals surface area (Å²) in [6.45, 7) is 5.11. The minimum Gasteiger partial charge on any atom is -0.468 e. The van der Waals surface area contributed by atoms with Gasteiger partial charge in [0.2, 0.25) is 0 Å². The van der Waals surface area contributed by atoms with E-state index in [0.717, 1.165) is 26.1 Å². The van der Waals surface area contributed by atoms with E-state index in [4.69, 9.17) is 4.74 Å². The van der Waals surface area contributed by atoms with Gasteiger partial charge in [0.05, 0.1) is 13.7 Å². The Bertz CT molecular complexity index is 164. The Morgan fingerprint density at radius 1 is 1.46 bits per heavy atom. The standard InChI is InChI=1S/C9H17NO3/c1-8(9(11)12-2)10-4-3-6-13-7-5-10/h8H,3-7H2,1-2H3. The average Bonchev–Trinajstić information content (AvgIpc) is 2.43. The fourth-order valence-corrected chi connectivity index (χ4v) is 1.47. The second-order valence-corrected chi connectivity index (χ2v) is 3.20. The van der Waals surface area contributed by atoms with Crippen LogP contribution in [0.1, 0.15) is 13.3 Å². The van der Waals surface area contributed by atoms with E-state index in [1.165, 1.54) is 7.11 Å². The molecule has 0 N–H and O–H groups in total. The van der Waals surface area contributed by atoms with Crippen LogP contribution in [-0.2, 0) is 14.3 Å². The molecule has 1 rings (SSSR count). The molecular weight excluding hydrogens is 170 g/mol. The van der Waals surface area contributed by atoms with Crippen LogP contribution in [0.4, 0.5) is 0 Å². The number of hydrogen-bond acceptors (Lipinski definition) is 4. The van der Waals surface area contributed by atoms with Gasteiger partial charge in [0.1, 0.15) is 6.04 Å². The lowest BCUT2D eigenvalue weighted by molar-refractivity contribution is -0.146. The fraction of sp³-hybridized carbons (Fsp3) is 0.889. The van der Waals surface area contributed by atoms with Crippen LogP contribution in [0.15, 0.2) is 0 Å². The number of nitrogens with zero attached hydrogens (tertiary/aromatic N) is 1. The zero-order valence-corrected chi connectivity index (χ0v) is 8.28. The molecule has 0 aromatic rings. The maximum atomic E-state index is 11.2. The molecule has 1 atom stereocenters. The van der Waals surface area contributed by atoms with Gasteiger partial charge in [-0.25, -0.2) is 0 Å². The van der Waals surface area contributed by atoms with Gasteiger partial charge in [-0.2, -0.15) is 0 Å². The van der Waals surface area contributed by atoms with Gasteiger partial charge in [-0.1, -0.05) is 0 Å². The summed E-state index contributed by atoms with van der Waals surface area (Å²) in [6, 6.07) is -0.147. The predicted molar refractivity (Wildman–Crippen MR) is 48.5 cm³/mol. The fourth-order valence-electron chi connectivity index (χ4n) is 1.47. The van der Waals surface area contributed by atoms with Crippen molar-refractivity contribution in [1.29, 1.82) is 0 Å². The molecule has 0 saturated carbocycles. The molecule has 4 heteroatoms. The molecule has 1 aliphatic rings. The monoisotopic (exact) mass is 187 g/mol. The Balaban J connectivity index is 2.43. The summed E-state index contributed by atoms with van der Waals surface area (Å²) in [5.41, 5.74) is 0. The molecule has 4 nitrogen and oxygen atoms in total. The van der Waals surface area contributed by atoms with Gasteiger partial charge in [0.25, 0.3) is 0 Å². The highest BCUT2D eigenvalue weighted by molar-refractivity contribution is 5.75. The van der Waals surface area contributed by atoms with Gasteiger partial charge >= 0.3 is 5.97 Å². The van der Waals surface area contributed by atoms with Crippen molar-refractivity contribution in [3.8, 4) is 0 Å². The SMILES string of the molecule is COC(=O)C(C)N1CCCOCC1. The first-order chi connectivity index (χ1) is 6.25. The number of hydrogen-bond donors (Lipinski definition) is 0. The van der Waals surface area contributed by atoms with Crippen LogP contribution in [0.25, 0.3) is 0 Å². The van der Waals surface area contributed by atoms with Crippen LogP contribution in [0, 0.1) is 0 Å². The van der Waals surface area contributed by atoms with Crippen LogP contribution < -0.4 is 0 Å². The first kappa shape index (κ1) is 10.5. The summed E-state index contributed by atoms with van der Waals surface area (Å²) in [4.78, 5) is 13.3. The summed E-state index contributed by atoms with van der Waals surface area (Å²) in [5.74, 6) is -0.165. The maximum absolute atomic E-state index is 11.2. The van der Waals surface area contributed by atoms with Crippen molar-refractivity contribution >= 4 is 5.97 Å². The topological polar surface area (TPSA) is 38.8 Å². The molecule has 1 aliphatic heterocycles. The summed E-state index contributed by atoms with van der Waals surface area (Å²) < 4.78 is 9.98. The van der Waals surface area contributed by atoms with Crippen molar-refractivity contribution in [2.75, 3.05) is 33.4 Å². The third-order valence-corrected chi connectivity index (χ3v) is 2.35. The van der Waals surface area contributed by atoms with E-state index in [-0.39, 0.29) is 12.0 Å². The van der Waals surface area contributed by atoms with Gasteiger partial charge in [0, 0.05) is 19.7 Å². The maximum Gasteiger partial charge on any atom is 0.322 e. The molecule has 0 bridgehead atoms. The number of methoxy groups -OCH3 is 1. The van der Waals surface area contributed by atoms with E-state index >= 15 is 0 Å². The van der Waals surface area contributed by atoms with Crippen LogP contribution in [0.2, 0.25) is 0 Å². The summed E-state index contributed by atoms with van der Waals surface area (Å²) in [5, 5.41) is 0. The van der Waals surface area contributed by atoms with Crippen molar-refractivity contribution < 1.29 is 14.3 Å². The van der Waals surface area contributed by atoms with Gasteiger partial charge in [-0.15, -0.1) is 0 Å². The third kappa shape index (κ3) is 2.97. The second kappa shape index (κ2) is 5.19. The molecule has 0 aromatic carbocycles. The van der Waals surface area contributed by atoms with E-state index < -0.39 is 0 Å². The normalized spacial score (nSPS) is 22.0. The largest absolute Gasteiger partial charge is 0.468 e. The van der Waals surface area contributed by atoms with Crippen molar-refractivity contribution in [3.63, 3.8) is 0 Å². The minimum atomic E-state index is -0.165. The highest BCUT2D eigenvalue weighted by atomic mass is 16.5. The molecule has 1 saturated heterocycles. The van der Waals surface area contributed by atoms with E-state index in [9.17, 15) is 4.79 Å². The first-order valence-electron chi connectivity index (χ1n) is 4.65. The average molecular weight is 187 g/mol. The Morgan fingerprint density at radius 3 is 2.92 bits per heavy atom. The van der Waals surface area contributed by atoms with Crippen LogP contribution >= 0.6 is 0 Å². The third-order valence-electron chi connectivity index (χ3n) is 2.35. The molecule has 1 fully saturated rings. The molecule has 0 radical (unpaired) electrons. The van der Waals surface area contributed by atoms with Gasteiger partial charge in [-0.05, 0) is 13.3 Å². The lowest BCUT2D eigenvalue weighted by Crippen LogP contribution is -2.41. The zero-order chi connectivity index (χ0) is 9.68. The molecular formula is C9H17NO3. The molecule has 1 heterocycles. The van der Waals surface area contributed by atoms with Crippen molar-refractivity contribution in [2.24, 2.45) is 0 Å². The zero-order valence-electron chi connectivity index (χ0n) is 8.28. The van der Waals surface area contributed by atoms with Crippen LogP contribution in [0.3, 0.4) is 0 Å². The molecule has 0 spiro atoms. The van der Waals surface area contributed by atoms with Gasteiger partial charge < -0.3 is 9.47 Å². The van der Waals surface area contributed by atoms with E-state index in [1.807, 2.05) is 6.92 Å². The molecule has 0 aromatic heterocycles. The van der Waals surface area contributed by atoms with Crippen LogP contribution in [-0.4, -0.2) is 50.3 Å². The lowest BCUT2D eigenvalue weighted by Gasteiger charge is -2.24. The lowest BCUT2D eigenvalue weighted by atomic mass is 10.2. The predicted octanol–water partition coefficient (Wildman–Crippen LogP) is 0.270. The number of rotatable bonds is 2. The Kier molecular flexibility index (Phi) is 4.18. The number of esters is 1. The quantitative estimate of drug-likeness (QED) is 0.582. The molecule has 0 amide bonds. The molecule has 0 aliphatic carbocycles. The summed E-state index contributed by atoms with van der Waals surface area (Å²) >= 11 is 0. The first-order valence-corrected chi connectivity index (χ1v) is 4.65. The van der Waals surface area contributed by atoms with Crippen LogP contribution in [0.5, 0.6) is 0 Å². The molecule has 1 unspecified atom stereocenters. The second-order valence-electron chi connectivity index (χ2n) is 3.20. The number of ether oxygens (including phenoxy) is 2. The van der Waals surface area contributed by atoms with Crippen molar-refractivity contribution in [3.05, 3.63) is 0 Å². The number of carbonyl (C=O) groups is 1. The molecule has 13 heavy (non-hydrogen) atoms. The van der Waals surface area contributed by atoms with Crippen molar-refractivity contribution in [1.82, 2.24) is 4.90 Å². The van der Waals surface area contributed by atoms with Gasteiger partial charge in [-0.3, -0.25) is 9.69 Å². The highest BCUT2D eigenvalue weighted by Gasteiger charge is 2.22. The van der Waals surface area contributed by atoms with Crippen molar-refractivity contribution in [2.45, 2.75) is 19.4 Å². The van der Waals surface area contributed by atoms with E-state index in [2.05, 4.69) is 9.64 Å². The molecule has 76 valence electrons. The Morgan fingerprint density at radius 2 is 2.23 bits per heavy atom. The van der Waals surface area contributed by atoms with E-state index in [1.54, 1.807) is 0 Å². The smallest absolute Gasteiger partial charge is 0.322 e. The summed E-state index contributed by atoms with van der Waals surface area (Å²) in [6.07, 6.45) is 0.987. The number of carbonyl (C=O) groups excluding carboxylic acids is 1. The Labute approximate surface area is 78.8 Å². The Hall–Kier alpha value is -0.610. The van der Waals surface area contributed by atoms with Gasteiger partial charge in [0.15, 0.2) is 0 Å². The van der Waals surface area contributed by atoms with E-state index in [0.29, 0.717) is 6.61 Å².